The Kier molecular flexibility index (Phi) is 9.81. The molecule has 0 amide bonds. The largest absolute Gasteiger partial charge is 0.481 e. The van der Waals surface area contributed by atoms with Crippen LogP contribution in [0.2, 0.25) is 0 Å². The SMILES string of the molecule is CCNC(=NCc1cccnc1OC)NC(C)Cc1ccc(C)s1.I. The number of pyridine rings is 1. The van der Waals surface area contributed by atoms with Gasteiger partial charge in [0.25, 0.3) is 0 Å². The lowest BCUT2D eigenvalue weighted by Crippen LogP contribution is -2.43. The number of guanidine groups is 1. The number of aromatic nitrogens is 1. The second-order valence-corrected chi connectivity index (χ2v) is 7.00. The van der Waals surface area contributed by atoms with Crippen LogP contribution in [0.5, 0.6) is 5.88 Å². The molecule has 0 spiro atoms. The third kappa shape index (κ3) is 7.19. The molecule has 2 heterocycles. The number of aliphatic imine (C=N–C) groups is 1. The normalized spacial score (nSPS) is 12.2. The molecule has 0 radical (unpaired) electrons. The van der Waals surface area contributed by atoms with Gasteiger partial charge in [-0.15, -0.1) is 35.3 Å². The maximum atomic E-state index is 5.28. The van der Waals surface area contributed by atoms with E-state index in [0.717, 1.165) is 24.5 Å². The first-order chi connectivity index (χ1) is 11.6. The van der Waals surface area contributed by atoms with Crippen molar-refractivity contribution in [1.29, 1.82) is 0 Å². The predicted molar refractivity (Wildman–Crippen MR) is 116 cm³/mol. The van der Waals surface area contributed by atoms with Crippen LogP contribution in [-0.2, 0) is 13.0 Å². The van der Waals surface area contributed by atoms with Gasteiger partial charge in [0.2, 0.25) is 5.88 Å². The van der Waals surface area contributed by atoms with Crippen LogP contribution in [0.1, 0.15) is 29.2 Å². The van der Waals surface area contributed by atoms with Gasteiger partial charge in [0, 0.05) is 40.5 Å². The van der Waals surface area contributed by atoms with Crippen LogP contribution in [0.15, 0.2) is 35.5 Å². The molecule has 0 aliphatic carbocycles. The van der Waals surface area contributed by atoms with Crippen LogP contribution in [0, 0.1) is 6.92 Å². The minimum atomic E-state index is 0. The highest BCUT2D eigenvalue weighted by Crippen LogP contribution is 2.17. The van der Waals surface area contributed by atoms with E-state index in [9.17, 15) is 0 Å². The average molecular weight is 474 g/mol. The maximum Gasteiger partial charge on any atom is 0.218 e. The highest BCUT2D eigenvalue weighted by Gasteiger charge is 2.09. The zero-order valence-corrected chi connectivity index (χ0v) is 18.4. The van der Waals surface area contributed by atoms with Crippen LogP contribution >= 0.6 is 35.3 Å². The fraction of sp³-hybridized carbons (Fsp3) is 0.444. The van der Waals surface area contributed by atoms with Crippen LogP contribution in [0.4, 0.5) is 0 Å². The molecule has 138 valence electrons. The monoisotopic (exact) mass is 474 g/mol. The van der Waals surface area contributed by atoms with Gasteiger partial charge in [-0.2, -0.15) is 0 Å². The van der Waals surface area contributed by atoms with Crippen molar-refractivity contribution in [3.8, 4) is 5.88 Å². The fourth-order valence-electron chi connectivity index (χ4n) is 2.39. The van der Waals surface area contributed by atoms with Crippen molar-refractivity contribution in [3.63, 3.8) is 0 Å². The summed E-state index contributed by atoms with van der Waals surface area (Å²) in [7, 11) is 1.63. The van der Waals surface area contributed by atoms with Crippen molar-refractivity contribution in [2.75, 3.05) is 13.7 Å². The van der Waals surface area contributed by atoms with Gasteiger partial charge in [-0.25, -0.2) is 9.98 Å². The summed E-state index contributed by atoms with van der Waals surface area (Å²) in [6.45, 7) is 7.72. The zero-order valence-electron chi connectivity index (χ0n) is 15.2. The van der Waals surface area contributed by atoms with Gasteiger partial charge in [-0.1, -0.05) is 6.07 Å². The lowest BCUT2D eigenvalue weighted by Gasteiger charge is -2.17. The Labute approximate surface area is 171 Å². The van der Waals surface area contributed by atoms with E-state index >= 15 is 0 Å². The van der Waals surface area contributed by atoms with Gasteiger partial charge in [0.1, 0.15) is 0 Å². The number of hydrogen-bond acceptors (Lipinski definition) is 4. The number of nitrogens with zero attached hydrogens (tertiary/aromatic N) is 2. The minimum Gasteiger partial charge on any atom is -0.481 e. The van der Waals surface area contributed by atoms with E-state index in [-0.39, 0.29) is 24.0 Å². The molecule has 2 aromatic heterocycles. The smallest absolute Gasteiger partial charge is 0.218 e. The Morgan fingerprint density at radius 2 is 2.16 bits per heavy atom. The van der Waals surface area contributed by atoms with Crippen LogP contribution in [-0.4, -0.2) is 30.6 Å². The third-order valence-electron chi connectivity index (χ3n) is 3.48. The molecule has 5 nitrogen and oxygen atoms in total. The molecule has 1 atom stereocenters. The number of rotatable bonds is 7. The molecule has 1 unspecified atom stereocenters. The van der Waals surface area contributed by atoms with Crippen molar-refractivity contribution in [2.45, 2.75) is 39.8 Å². The first-order valence-corrected chi connectivity index (χ1v) is 9.02. The van der Waals surface area contributed by atoms with Crippen LogP contribution in [0.25, 0.3) is 0 Å². The fourth-order valence-corrected chi connectivity index (χ4v) is 3.41. The molecule has 0 aliphatic rings. The van der Waals surface area contributed by atoms with Gasteiger partial charge in [0.15, 0.2) is 5.96 Å². The summed E-state index contributed by atoms with van der Waals surface area (Å²) in [5.41, 5.74) is 0.971. The number of aryl methyl sites for hydroxylation is 1. The van der Waals surface area contributed by atoms with Gasteiger partial charge >= 0.3 is 0 Å². The first-order valence-electron chi connectivity index (χ1n) is 8.20. The quantitative estimate of drug-likeness (QED) is 0.365. The average Bonchev–Trinajstić information content (AvgIpc) is 2.97. The summed E-state index contributed by atoms with van der Waals surface area (Å²) in [4.78, 5) is 11.6. The van der Waals surface area contributed by atoms with Crippen molar-refractivity contribution in [3.05, 3.63) is 45.8 Å². The standard InChI is InChI=1S/C18H26N4OS.HI/c1-5-19-18(21-12-15-7-6-10-20-17(15)23-4)22-13(2)11-16-9-8-14(3)24-16;/h6-10,13H,5,11-12H2,1-4H3,(H2,19,21,22);1H. The first kappa shape index (κ1) is 21.7. The van der Waals surface area contributed by atoms with Crippen LogP contribution in [0.3, 0.4) is 0 Å². The Bertz CT molecular complexity index is 675. The zero-order chi connectivity index (χ0) is 17.4. The summed E-state index contributed by atoms with van der Waals surface area (Å²) >= 11 is 1.85. The van der Waals surface area contributed by atoms with Crippen LogP contribution < -0.4 is 15.4 Å². The summed E-state index contributed by atoms with van der Waals surface area (Å²) in [6, 6.07) is 8.55. The maximum absolute atomic E-state index is 5.28. The second kappa shape index (κ2) is 11.3. The Morgan fingerprint density at radius 3 is 2.80 bits per heavy atom. The summed E-state index contributed by atoms with van der Waals surface area (Å²) < 4.78 is 5.28. The minimum absolute atomic E-state index is 0. The molecule has 2 aromatic rings. The number of hydrogen-bond donors (Lipinski definition) is 2. The Hall–Kier alpha value is -1.35. The second-order valence-electron chi connectivity index (χ2n) is 5.63. The highest BCUT2D eigenvalue weighted by atomic mass is 127. The van der Waals surface area contributed by atoms with Gasteiger partial charge in [-0.05, 0) is 39.0 Å². The molecule has 0 aromatic carbocycles. The summed E-state index contributed by atoms with van der Waals surface area (Å²) in [6.07, 6.45) is 2.71. The van der Waals surface area contributed by atoms with E-state index in [0.29, 0.717) is 18.5 Å². The molecule has 0 saturated carbocycles. The lowest BCUT2D eigenvalue weighted by molar-refractivity contribution is 0.392. The lowest BCUT2D eigenvalue weighted by atomic mass is 10.2. The van der Waals surface area contributed by atoms with Gasteiger partial charge < -0.3 is 15.4 Å². The predicted octanol–water partition coefficient (Wildman–Crippen LogP) is 3.76. The van der Waals surface area contributed by atoms with Gasteiger partial charge in [-0.3, -0.25) is 0 Å². The molecule has 0 aliphatic heterocycles. The van der Waals surface area contributed by atoms with Crippen molar-refractivity contribution < 1.29 is 4.74 Å². The van der Waals surface area contributed by atoms with E-state index in [2.05, 4.69) is 53.5 Å². The Morgan fingerprint density at radius 1 is 1.36 bits per heavy atom. The molecule has 0 saturated heterocycles. The number of halogens is 1. The Balaban J connectivity index is 0.00000312. The number of nitrogens with one attached hydrogen (secondary N) is 2. The molecular formula is C18H27IN4OS. The topological polar surface area (TPSA) is 58.5 Å². The van der Waals surface area contributed by atoms with Crippen molar-refractivity contribution in [2.24, 2.45) is 4.99 Å². The van der Waals surface area contributed by atoms with Gasteiger partial charge in [0.05, 0.1) is 13.7 Å². The molecule has 0 fully saturated rings. The van der Waals surface area contributed by atoms with E-state index in [1.807, 2.05) is 23.5 Å². The van der Waals surface area contributed by atoms with E-state index in [1.54, 1.807) is 13.3 Å². The summed E-state index contributed by atoms with van der Waals surface area (Å²) in [5.74, 6) is 1.43. The molecule has 0 bridgehead atoms. The molecule has 2 N–H and O–H groups in total. The van der Waals surface area contributed by atoms with Crippen molar-refractivity contribution >= 4 is 41.3 Å². The van der Waals surface area contributed by atoms with E-state index < -0.39 is 0 Å². The molecule has 25 heavy (non-hydrogen) atoms. The number of thiophene rings is 1. The summed E-state index contributed by atoms with van der Waals surface area (Å²) in [5, 5.41) is 6.76. The molecule has 2 rings (SSSR count). The number of methoxy groups -OCH3 is 1. The van der Waals surface area contributed by atoms with E-state index in [1.165, 1.54) is 9.75 Å². The molecule has 7 heteroatoms. The number of ether oxygens (including phenoxy) is 1. The molecular weight excluding hydrogens is 447 g/mol. The van der Waals surface area contributed by atoms with E-state index in [4.69, 9.17) is 4.74 Å². The van der Waals surface area contributed by atoms with Crippen molar-refractivity contribution in [1.82, 2.24) is 15.6 Å². The highest BCUT2D eigenvalue weighted by molar-refractivity contribution is 14.0. The third-order valence-corrected chi connectivity index (χ3v) is 4.50.